The lowest BCUT2D eigenvalue weighted by Crippen LogP contribution is -2.06. The van der Waals surface area contributed by atoms with Crippen molar-refractivity contribution in [3.05, 3.63) is 56.9 Å². The molecular weight excluding hydrogens is 353 g/mol. The Morgan fingerprint density at radius 1 is 1.37 bits per heavy atom. The summed E-state index contributed by atoms with van der Waals surface area (Å²) in [6.07, 6.45) is 3.19. The van der Waals surface area contributed by atoms with Crippen molar-refractivity contribution in [1.82, 2.24) is 4.98 Å². The number of aryl methyl sites for hydroxylation is 1. The summed E-state index contributed by atoms with van der Waals surface area (Å²) in [5.74, 6) is 0.596. The first-order valence-electron chi connectivity index (χ1n) is 6.01. The Kier molecular flexibility index (Phi) is 4.52. The van der Waals surface area contributed by atoms with E-state index in [9.17, 15) is 4.79 Å². The molecule has 0 N–H and O–H groups in total. The average Bonchev–Trinajstić information content (AvgIpc) is 2.42. The Labute approximate surface area is 126 Å². The molecule has 0 spiro atoms. The molecule has 4 heteroatoms. The molecule has 19 heavy (non-hydrogen) atoms. The number of rotatable bonds is 4. The van der Waals surface area contributed by atoms with E-state index in [2.05, 4.69) is 27.6 Å². The zero-order valence-corrected chi connectivity index (χ0v) is 13.0. The van der Waals surface area contributed by atoms with Gasteiger partial charge in [0.25, 0.3) is 0 Å². The number of ether oxygens (including phenoxy) is 1. The molecule has 0 aliphatic heterocycles. The number of halogens is 1. The zero-order valence-electron chi connectivity index (χ0n) is 10.8. The molecule has 2 rings (SSSR count). The summed E-state index contributed by atoms with van der Waals surface area (Å²) >= 11 is 2.20. The molecule has 0 saturated heterocycles. The second kappa shape index (κ2) is 6.14. The molecule has 0 bridgehead atoms. The van der Waals surface area contributed by atoms with Crippen LogP contribution in [0.3, 0.4) is 0 Å². The number of nitrogens with zero attached hydrogens (tertiary/aromatic N) is 1. The van der Waals surface area contributed by atoms with Gasteiger partial charge in [-0.15, -0.1) is 0 Å². The summed E-state index contributed by atoms with van der Waals surface area (Å²) in [5.41, 5.74) is 2.35. The Bertz CT molecular complexity index is 611. The fraction of sp³-hybridized carbons (Fsp3) is 0.200. The van der Waals surface area contributed by atoms with Crippen molar-refractivity contribution in [2.75, 3.05) is 6.61 Å². The van der Waals surface area contributed by atoms with Crippen molar-refractivity contribution in [3.8, 4) is 5.75 Å². The van der Waals surface area contributed by atoms with Crippen LogP contribution in [0.15, 0.2) is 36.7 Å². The van der Waals surface area contributed by atoms with Gasteiger partial charge in [0.2, 0.25) is 0 Å². The first kappa shape index (κ1) is 14.0. The van der Waals surface area contributed by atoms with Crippen LogP contribution in [0, 0.1) is 10.5 Å². The van der Waals surface area contributed by atoms with Crippen LogP contribution in [0.5, 0.6) is 5.75 Å². The van der Waals surface area contributed by atoms with E-state index >= 15 is 0 Å². The van der Waals surface area contributed by atoms with E-state index in [1.165, 1.54) is 0 Å². The lowest BCUT2D eigenvalue weighted by atomic mass is 10.0. The maximum absolute atomic E-state index is 12.5. The third-order valence-corrected chi connectivity index (χ3v) is 4.15. The fourth-order valence-corrected chi connectivity index (χ4v) is 2.37. The highest BCUT2D eigenvalue weighted by Crippen LogP contribution is 2.21. The highest BCUT2D eigenvalue weighted by molar-refractivity contribution is 14.1. The van der Waals surface area contributed by atoms with Gasteiger partial charge in [0.1, 0.15) is 5.75 Å². The van der Waals surface area contributed by atoms with Crippen molar-refractivity contribution in [2.45, 2.75) is 13.8 Å². The Balaban J connectivity index is 2.38. The van der Waals surface area contributed by atoms with Crippen molar-refractivity contribution in [3.63, 3.8) is 0 Å². The predicted octanol–water partition coefficient (Wildman–Crippen LogP) is 3.62. The van der Waals surface area contributed by atoms with Gasteiger partial charge in [0.15, 0.2) is 5.78 Å². The van der Waals surface area contributed by atoms with Gasteiger partial charge in [-0.05, 0) is 54.1 Å². The quantitative estimate of drug-likeness (QED) is 0.612. The summed E-state index contributed by atoms with van der Waals surface area (Å²) in [6, 6.07) is 7.46. The minimum Gasteiger partial charge on any atom is -0.492 e. The van der Waals surface area contributed by atoms with Gasteiger partial charge in [-0.25, -0.2) is 0 Å². The van der Waals surface area contributed by atoms with E-state index in [1.807, 2.05) is 32.0 Å². The Hall–Kier alpha value is -1.43. The Morgan fingerprint density at radius 2 is 2.16 bits per heavy atom. The first-order valence-corrected chi connectivity index (χ1v) is 7.09. The Morgan fingerprint density at radius 3 is 2.89 bits per heavy atom. The normalized spacial score (nSPS) is 10.3. The minimum absolute atomic E-state index is 0.0258. The fourth-order valence-electron chi connectivity index (χ4n) is 1.77. The molecule has 1 heterocycles. The molecule has 98 valence electrons. The van der Waals surface area contributed by atoms with Crippen LogP contribution >= 0.6 is 22.6 Å². The largest absolute Gasteiger partial charge is 0.492 e. The first-order chi connectivity index (χ1) is 9.13. The number of benzene rings is 1. The van der Waals surface area contributed by atoms with Crippen LogP contribution in [0.25, 0.3) is 0 Å². The number of aromatic nitrogens is 1. The summed E-state index contributed by atoms with van der Waals surface area (Å²) in [6.45, 7) is 4.45. The number of carbonyl (C=O) groups is 1. The smallest absolute Gasteiger partial charge is 0.195 e. The third-order valence-electron chi connectivity index (χ3n) is 2.72. The topological polar surface area (TPSA) is 39.2 Å². The molecule has 0 atom stereocenters. The molecule has 0 amide bonds. The molecule has 3 nitrogen and oxygen atoms in total. The lowest BCUT2D eigenvalue weighted by molar-refractivity contribution is 0.103. The van der Waals surface area contributed by atoms with Crippen molar-refractivity contribution >= 4 is 28.4 Å². The van der Waals surface area contributed by atoms with E-state index in [-0.39, 0.29) is 5.78 Å². The van der Waals surface area contributed by atoms with Crippen LogP contribution < -0.4 is 4.74 Å². The highest BCUT2D eigenvalue weighted by atomic mass is 127. The van der Waals surface area contributed by atoms with Gasteiger partial charge < -0.3 is 4.74 Å². The highest BCUT2D eigenvalue weighted by Gasteiger charge is 2.14. The van der Waals surface area contributed by atoms with Gasteiger partial charge in [-0.2, -0.15) is 0 Å². The van der Waals surface area contributed by atoms with Crippen molar-refractivity contribution in [1.29, 1.82) is 0 Å². The molecule has 0 unspecified atom stereocenters. The SMILES string of the molecule is CCOc1cncc(C(=O)c2cccc(C)c2I)c1. The van der Waals surface area contributed by atoms with Gasteiger partial charge in [-0.1, -0.05) is 12.1 Å². The van der Waals surface area contributed by atoms with Crippen LogP contribution in [-0.4, -0.2) is 17.4 Å². The third kappa shape index (κ3) is 3.12. The second-order valence-corrected chi connectivity index (χ2v) is 5.19. The molecule has 0 aliphatic rings. The predicted molar refractivity (Wildman–Crippen MR) is 82.7 cm³/mol. The molecular formula is C15H14INO2. The van der Waals surface area contributed by atoms with Crippen LogP contribution in [0.1, 0.15) is 28.4 Å². The number of carbonyl (C=O) groups excluding carboxylic acids is 1. The van der Waals surface area contributed by atoms with Gasteiger partial charge in [-0.3, -0.25) is 9.78 Å². The van der Waals surface area contributed by atoms with E-state index < -0.39 is 0 Å². The molecule has 1 aromatic carbocycles. The average molecular weight is 367 g/mol. The number of ketones is 1. The number of hydrogen-bond donors (Lipinski definition) is 0. The second-order valence-electron chi connectivity index (χ2n) is 4.11. The van der Waals surface area contributed by atoms with Gasteiger partial charge in [0, 0.05) is 20.9 Å². The van der Waals surface area contributed by atoms with E-state index in [0.29, 0.717) is 23.5 Å². The summed E-state index contributed by atoms with van der Waals surface area (Å²) in [4.78, 5) is 16.5. The number of hydrogen-bond acceptors (Lipinski definition) is 3. The zero-order chi connectivity index (χ0) is 13.8. The summed E-state index contributed by atoms with van der Waals surface area (Å²) in [7, 11) is 0. The van der Waals surface area contributed by atoms with Crippen LogP contribution in [-0.2, 0) is 0 Å². The molecule has 0 fully saturated rings. The molecule has 2 aromatic rings. The minimum atomic E-state index is -0.0258. The maximum Gasteiger partial charge on any atom is 0.195 e. The van der Waals surface area contributed by atoms with Crippen molar-refractivity contribution in [2.24, 2.45) is 0 Å². The summed E-state index contributed by atoms with van der Waals surface area (Å²) < 4.78 is 6.35. The van der Waals surface area contributed by atoms with E-state index in [4.69, 9.17) is 4.74 Å². The van der Waals surface area contributed by atoms with E-state index in [1.54, 1.807) is 18.5 Å². The standard InChI is InChI=1S/C15H14INO2/c1-3-19-12-7-11(8-17-9-12)15(18)13-6-4-5-10(2)14(13)16/h4-9H,3H2,1-2H3. The monoisotopic (exact) mass is 367 g/mol. The van der Waals surface area contributed by atoms with E-state index in [0.717, 1.165) is 9.13 Å². The number of pyridine rings is 1. The molecule has 0 saturated carbocycles. The van der Waals surface area contributed by atoms with Gasteiger partial charge >= 0.3 is 0 Å². The summed E-state index contributed by atoms with van der Waals surface area (Å²) in [5, 5.41) is 0. The van der Waals surface area contributed by atoms with Gasteiger partial charge in [0.05, 0.1) is 12.8 Å². The maximum atomic E-state index is 12.5. The molecule has 1 aromatic heterocycles. The van der Waals surface area contributed by atoms with Crippen LogP contribution in [0.4, 0.5) is 0 Å². The molecule has 0 radical (unpaired) electrons. The lowest BCUT2D eigenvalue weighted by Gasteiger charge is -2.07. The van der Waals surface area contributed by atoms with Crippen LogP contribution in [0.2, 0.25) is 0 Å². The molecule has 0 aliphatic carbocycles. The van der Waals surface area contributed by atoms with Crippen molar-refractivity contribution < 1.29 is 9.53 Å².